The summed E-state index contributed by atoms with van der Waals surface area (Å²) in [6.07, 6.45) is 6.18. The van der Waals surface area contributed by atoms with Gasteiger partial charge >= 0.3 is 0 Å². The van der Waals surface area contributed by atoms with E-state index in [0.717, 1.165) is 31.8 Å². The molecule has 1 aromatic heterocycles. The van der Waals surface area contributed by atoms with Gasteiger partial charge in [0.15, 0.2) is 0 Å². The van der Waals surface area contributed by atoms with Gasteiger partial charge in [0.2, 0.25) is 0 Å². The summed E-state index contributed by atoms with van der Waals surface area (Å²) < 4.78 is 8.26. The van der Waals surface area contributed by atoms with Gasteiger partial charge in [-0.2, -0.15) is 16.9 Å². The van der Waals surface area contributed by atoms with Gasteiger partial charge in [-0.15, -0.1) is 0 Å². The maximum Gasteiger partial charge on any atom is 0.141 e. The first-order chi connectivity index (χ1) is 9.33. The van der Waals surface area contributed by atoms with Crippen molar-refractivity contribution in [2.24, 2.45) is 0 Å². The van der Waals surface area contributed by atoms with Crippen molar-refractivity contribution in [3.8, 4) is 0 Å². The minimum Gasteiger partial charge on any atom is -0.375 e. The number of rotatable bonds is 3. The zero-order valence-electron chi connectivity index (χ0n) is 11.5. The van der Waals surface area contributed by atoms with Crippen LogP contribution < -0.4 is 5.32 Å². The summed E-state index contributed by atoms with van der Waals surface area (Å²) in [6, 6.07) is 0.447. The molecule has 1 N–H and O–H groups in total. The second kappa shape index (κ2) is 5.81. The Morgan fingerprint density at radius 1 is 1.53 bits per heavy atom. The van der Waals surface area contributed by atoms with Gasteiger partial charge in [0.05, 0.1) is 18.2 Å². The first-order valence-electron chi connectivity index (χ1n) is 7.08. The molecule has 3 rings (SSSR count). The Hall–Kier alpha value is -0.590. The SMILES string of the molecule is CNCc1ncnn1C1CCOC2(CCSCC2)C1. The first-order valence-corrected chi connectivity index (χ1v) is 8.23. The molecule has 2 aliphatic heterocycles. The lowest BCUT2D eigenvalue weighted by molar-refractivity contribution is -0.101. The molecule has 1 unspecified atom stereocenters. The standard InChI is InChI=1S/C13H22N4OS/c1-14-9-12-15-10-16-17(12)11-2-5-18-13(8-11)3-6-19-7-4-13/h10-11,14H,2-9H2,1H3. The number of nitrogens with zero attached hydrogens (tertiary/aromatic N) is 3. The smallest absolute Gasteiger partial charge is 0.141 e. The topological polar surface area (TPSA) is 52.0 Å². The lowest BCUT2D eigenvalue weighted by atomic mass is 9.85. The molecule has 0 aliphatic carbocycles. The van der Waals surface area contributed by atoms with Gasteiger partial charge in [0.25, 0.3) is 0 Å². The third kappa shape index (κ3) is 2.80. The predicted octanol–water partition coefficient (Wildman–Crippen LogP) is 1.61. The molecule has 2 fully saturated rings. The van der Waals surface area contributed by atoms with Crippen LogP contribution in [0.3, 0.4) is 0 Å². The van der Waals surface area contributed by atoms with Gasteiger partial charge in [-0.05, 0) is 44.2 Å². The summed E-state index contributed by atoms with van der Waals surface area (Å²) in [4.78, 5) is 4.36. The summed E-state index contributed by atoms with van der Waals surface area (Å²) >= 11 is 2.05. The fourth-order valence-electron chi connectivity index (χ4n) is 3.17. The van der Waals surface area contributed by atoms with Crippen molar-refractivity contribution in [3.05, 3.63) is 12.2 Å². The van der Waals surface area contributed by atoms with Gasteiger partial charge in [-0.25, -0.2) is 9.67 Å². The lowest BCUT2D eigenvalue weighted by Crippen LogP contribution is -2.43. The maximum atomic E-state index is 6.14. The molecule has 0 saturated carbocycles. The highest BCUT2D eigenvalue weighted by Crippen LogP contribution is 2.41. The van der Waals surface area contributed by atoms with Gasteiger partial charge in [0, 0.05) is 6.61 Å². The molecule has 0 bridgehead atoms. The van der Waals surface area contributed by atoms with Crippen LogP contribution in [0.25, 0.3) is 0 Å². The summed E-state index contributed by atoms with van der Waals surface area (Å²) in [5, 5.41) is 7.60. The molecule has 19 heavy (non-hydrogen) atoms. The van der Waals surface area contributed by atoms with Crippen LogP contribution in [0.15, 0.2) is 6.33 Å². The Balaban J connectivity index is 1.75. The van der Waals surface area contributed by atoms with E-state index < -0.39 is 0 Å². The van der Waals surface area contributed by atoms with Crippen molar-refractivity contribution >= 4 is 11.8 Å². The second-order valence-electron chi connectivity index (χ2n) is 5.44. The van der Waals surface area contributed by atoms with E-state index in [1.54, 1.807) is 6.33 Å². The molecule has 3 heterocycles. The van der Waals surface area contributed by atoms with Crippen LogP contribution in [0.4, 0.5) is 0 Å². The van der Waals surface area contributed by atoms with E-state index >= 15 is 0 Å². The molecule has 5 nitrogen and oxygen atoms in total. The van der Waals surface area contributed by atoms with Gasteiger partial charge in [-0.1, -0.05) is 0 Å². The van der Waals surface area contributed by atoms with Crippen molar-refractivity contribution in [2.75, 3.05) is 25.2 Å². The molecule has 6 heteroatoms. The minimum atomic E-state index is 0.108. The van der Waals surface area contributed by atoms with Gasteiger partial charge < -0.3 is 10.1 Å². The molecular weight excluding hydrogens is 260 g/mol. The van der Waals surface area contributed by atoms with Crippen LogP contribution >= 0.6 is 11.8 Å². The summed E-state index contributed by atoms with van der Waals surface area (Å²) in [5.74, 6) is 3.50. The van der Waals surface area contributed by atoms with E-state index in [1.165, 1.54) is 24.3 Å². The number of thioether (sulfide) groups is 1. The lowest BCUT2D eigenvalue weighted by Gasteiger charge is -2.43. The highest BCUT2D eigenvalue weighted by atomic mass is 32.2. The molecule has 106 valence electrons. The van der Waals surface area contributed by atoms with Crippen LogP contribution in [0.1, 0.15) is 37.5 Å². The summed E-state index contributed by atoms with van der Waals surface area (Å²) in [6.45, 7) is 1.63. The highest BCUT2D eigenvalue weighted by Gasteiger charge is 2.39. The second-order valence-corrected chi connectivity index (χ2v) is 6.67. The summed E-state index contributed by atoms with van der Waals surface area (Å²) in [7, 11) is 1.95. The maximum absolute atomic E-state index is 6.14. The van der Waals surface area contributed by atoms with Crippen LogP contribution in [0, 0.1) is 0 Å². The molecule has 2 saturated heterocycles. The minimum absolute atomic E-state index is 0.108. The van der Waals surface area contributed by atoms with Crippen LogP contribution in [-0.4, -0.2) is 45.5 Å². The normalized spacial score (nSPS) is 26.7. The van der Waals surface area contributed by atoms with Gasteiger partial charge in [-0.3, -0.25) is 0 Å². The molecule has 1 spiro atoms. The van der Waals surface area contributed by atoms with Crippen molar-refractivity contribution < 1.29 is 4.74 Å². The fraction of sp³-hybridized carbons (Fsp3) is 0.846. The molecule has 0 radical (unpaired) electrons. The third-order valence-electron chi connectivity index (χ3n) is 4.20. The highest BCUT2D eigenvalue weighted by molar-refractivity contribution is 7.99. The van der Waals surface area contributed by atoms with Crippen molar-refractivity contribution in [1.29, 1.82) is 0 Å². The number of hydrogen-bond acceptors (Lipinski definition) is 5. The molecule has 1 atom stereocenters. The quantitative estimate of drug-likeness (QED) is 0.913. The van der Waals surface area contributed by atoms with Crippen LogP contribution in [0.2, 0.25) is 0 Å². The third-order valence-corrected chi connectivity index (χ3v) is 5.18. The largest absolute Gasteiger partial charge is 0.375 e. The Morgan fingerprint density at radius 3 is 3.16 bits per heavy atom. The van der Waals surface area contributed by atoms with E-state index in [-0.39, 0.29) is 5.60 Å². The van der Waals surface area contributed by atoms with E-state index in [1.807, 2.05) is 18.8 Å². The van der Waals surface area contributed by atoms with Crippen molar-refractivity contribution in [2.45, 2.75) is 43.9 Å². The van der Waals surface area contributed by atoms with E-state index in [0.29, 0.717) is 6.04 Å². The molecule has 2 aliphatic rings. The predicted molar refractivity (Wildman–Crippen MR) is 76.3 cm³/mol. The summed E-state index contributed by atoms with van der Waals surface area (Å²) in [5.41, 5.74) is 0.108. The Bertz CT molecular complexity index is 411. The first kappa shape index (κ1) is 13.4. The molecular formula is C13H22N4OS. The number of aromatic nitrogens is 3. The van der Waals surface area contributed by atoms with Gasteiger partial charge in [0.1, 0.15) is 12.2 Å². The Kier molecular flexibility index (Phi) is 4.10. The van der Waals surface area contributed by atoms with E-state index in [4.69, 9.17) is 4.74 Å². The average Bonchev–Trinajstić information content (AvgIpc) is 2.88. The van der Waals surface area contributed by atoms with E-state index in [2.05, 4.69) is 20.1 Å². The molecule has 0 aromatic carbocycles. The van der Waals surface area contributed by atoms with Crippen LogP contribution in [-0.2, 0) is 11.3 Å². The fourth-order valence-corrected chi connectivity index (χ4v) is 4.40. The zero-order chi connectivity index (χ0) is 13.1. The van der Waals surface area contributed by atoms with Crippen LogP contribution in [0.5, 0.6) is 0 Å². The number of nitrogens with one attached hydrogen (secondary N) is 1. The number of hydrogen-bond donors (Lipinski definition) is 1. The number of ether oxygens (including phenoxy) is 1. The average molecular weight is 282 g/mol. The van der Waals surface area contributed by atoms with E-state index in [9.17, 15) is 0 Å². The molecule has 0 amide bonds. The monoisotopic (exact) mass is 282 g/mol. The Labute approximate surface area is 118 Å². The van der Waals surface area contributed by atoms with Crippen molar-refractivity contribution in [1.82, 2.24) is 20.1 Å². The van der Waals surface area contributed by atoms with Crippen molar-refractivity contribution in [3.63, 3.8) is 0 Å². The zero-order valence-corrected chi connectivity index (χ0v) is 12.3. The Morgan fingerprint density at radius 2 is 2.37 bits per heavy atom. The molecule has 1 aromatic rings.